The van der Waals surface area contributed by atoms with Crippen molar-refractivity contribution >= 4 is 23.5 Å². The van der Waals surface area contributed by atoms with Crippen LogP contribution in [0.4, 0.5) is 0 Å². The summed E-state index contributed by atoms with van der Waals surface area (Å²) in [6, 6.07) is 7.13. The van der Waals surface area contributed by atoms with Gasteiger partial charge in [-0.25, -0.2) is 0 Å². The summed E-state index contributed by atoms with van der Waals surface area (Å²) in [5.74, 6) is -1.73. The van der Waals surface area contributed by atoms with Crippen LogP contribution >= 0.6 is 11.6 Å². The maximum atomic E-state index is 11.6. The molecule has 1 heterocycles. The molecular weight excluding hydrogens is 242 g/mol. The summed E-state index contributed by atoms with van der Waals surface area (Å²) in [6.45, 7) is 0.445. The van der Waals surface area contributed by atoms with E-state index in [1.807, 2.05) is 12.1 Å². The molecule has 0 bridgehead atoms. The van der Waals surface area contributed by atoms with Crippen molar-refractivity contribution < 1.29 is 14.3 Å². The number of halogens is 1. The molecule has 0 radical (unpaired) electrons. The van der Waals surface area contributed by atoms with Crippen LogP contribution in [-0.2, 0) is 14.3 Å². The predicted octanol–water partition coefficient (Wildman–Crippen LogP) is 1.34. The number of rotatable bonds is 2. The molecule has 5 heteroatoms. The van der Waals surface area contributed by atoms with E-state index in [1.54, 1.807) is 12.1 Å². The highest BCUT2D eigenvalue weighted by atomic mass is 35.5. The lowest BCUT2D eigenvalue weighted by molar-refractivity contribution is -0.149. The number of nitrogens with one attached hydrogen (secondary N) is 1. The fourth-order valence-electron chi connectivity index (χ4n) is 2.04. The molecule has 17 heavy (non-hydrogen) atoms. The first-order valence-corrected chi connectivity index (χ1v) is 5.62. The first kappa shape index (κ1) is 11.9. The normalized spacial score (nSPS) is 23.3. The number of methoxy groups -OCH3 is 1. The fourth-order valence-corrected chi connectivity index (χ4v) is 2.17. The van der Waals surface area contributed by atoms with Crippen LogP contribution < -0.4 is 5.32 Å². The standard InChI is InChI=1S/C12H12ClNO3/c1-17-12(16)10-9(6-14-11(10)15)7-2-4-8(13)5-3-7/h2-5,9-10H,6H2,1H3,(H,14,15)/t9-,10+/m1/s1. The second kappa shape index (κ2) is 4.75. The van der Waals surface area contributed by atoms with E-state index in [9.17, 15) is 9.59 Å². The number of amides is 1. The van der Waals surface area contributed by atoms with Crippen LogP contribution in [0, 0.1) is 5.92 Å². The first-order chi connectivity index (χ1) is 8.13. The Kier molecular flexibility index (Phi) is 3.33. The van der Waals surface area contributed by atoms with Gasteiger partial charge in [0.25, 0.3) is 0 Å². The van der Waals surface area contributed by atoms with Gasteiger partial charge >= 0.3 is 5.97 Å². The largest absolute Gasteiger partial charge is 0.468 e. The lowest BCUT2D eigenvalue weighted by atomic mass is 9.89. The van der Waals surface area contributed by atoms with Crippen molar-refractivity contribution in [2.24, 2.45) is 5.92 Å². The lowest BCUT2D eigenvalue weighted by Gasteiger charge is -2.14. The van der Waals surface area contributed by atoms with E-state index >= 15 is 0 Å². The van der Waals surface area contributed by atoms with Crippen LogP contribution in [0.25, 0.3) is 0 Å². The van der Waals surface area contributed by atoms with Gasteiger partial charge in [-0.3, -0.25) is 9.59 Å². The zero-order valence-corrected chi connectivity index (χ0v) is 10.0. The summed E-state index contributed by atoms with van der Waals surface area (Å²) in [7, 11) is 1.28. The average Bonchev–Trinajstić information content (AvgIpc) is 2.71. The van der Waals surface area contributed by atoms with Gasteiger partial charge in [-0.05, 0) is 17.7 Å². The van der Waals surface area contributed by atoms with Crippen molar-refractivity contribution in [3.8, 4) is 0 Å². The molecule has 1 amide bonds. The summed E-state index contributed by atoms with van der Waals surface area (Å²) >= 11 is 5.80. The van der Waals surface area contributed by atoms with E-state index in [-0.39, 0.29) is 11.8 Å². The van der Waals surface area contributed by atoms with Crippen LogP contribution in [0.5, 0.6) is 0 Å². The molecule has 2 rings (SSSR count). The second-order valence-electron chi connectivity index (χ2n) is 3.90. The van der Waals surface area contributed by atoms with Gasteiger partial charge < -0.3 is 10.1 Å². The van der Waals surface area contributed by atoms with Crippen LogP contribution in [0.15, 0.2) is 24.3 Å². The molecule has 1 aliphatic rings. The Labute approximate surface area is 104 Å². The Morgan fingerprint density at radius 3 is 2.65 bits per heavy atom. The third-order valence-corrected chi connectivity index (χ3v) is 3.19. The molecule has 4 nitrogen and oxygen atoms in total. The molecule has 0 spiro atoms. The average molecular weight is 254 g/mol. The van der Waals surface area contributed by atoms with Crippen LogP contribution in [0.3, 0.4) is 0 Å². The Hall–Kier alpha value is -1.55. The molecule has 1 saturated heterocycles. The highest BCUT2D eigenvalue weighted by Crippen LogP contribution is 2.30. The van der Waals surface area contributed by atoms with Gasteiger partial charge in [-0.2, -0.15) is 0 Å². The zero-order chi connectivity index (χ0) is 12.4. The van der Waals surface area contributed by atoms with E-state index in [0.29, 0.717) is 11.6 Å². The molecule has 0 aromatic heterocycles. The van der Waals surface area contributed by atoms with Crippen molar-refractivity contribution in [2.75, 3.05) is 13.7 Å². The molecular formula is C12H12ClNO3. The minimum Gasteiger partial charge on any atom is -0.468 e. The maximum Gasteiger partial charge on any atom is 0.318 e. The summed E-state index contributed by atoms with van der Waals surface area (Å²) < 4.78 is 4.65. The lowest BCUT2D eigenvalue weighted by Crippen LogP contribution is -2.28. The number of carbonyl (C=O) groups is 2. The van der Waals surface area contributed by atoms with Gasteiger partial charge in [0.1, 0.15) is 5.92 Å². The zero-order valence-electron chi connectivity index (χ0n) is 9.27. The highest BCUT2D eigenvalue weighted by molar-refractivity contribution is 6.30. The quantitative estimate of drug-likeness (QED) is 0.639. The van der Waals surface area contributed by atoms with Crippen LogP contribution in [-0.4, -0.2) is 25.5 Å². The van der Waals surface area contributed by atoms with Crippen LogP contribution in [0.2, 0.25) is 5.02 Å². The minimum absolute atomic E-state index is 0.188. The van der Waals surface area contributed by atoms with E-state index in [1.165, 1.54) is 7.11 Å². The fraction of sp³-hybridized carbons (Fsp3) is 0.333. The Balaban J connectivity index is 2.28. The number of carbonyl (C=O) groups excluding carboxylic acids is 2. The van der Waals surface area contributed by atoms with Crippen molar-refractivity contribution in [1.29, 1.82) is 0 Å². The molecule has 0 aliphatic carbocycles. The summed E-state index contributed by atoms with van der Waals surface area (Å²) in [5.41, 5.74) is 0.906. The Morgan fingerprint density at radius 1 is 1.41 bits per heavy atom. The van der Waals surface area contributed by atoms with Gasteiger partial charge in [0, 0.05) is 17.5 Å². The SMILES string of the molecule is COC(=O)[C@@H]1C(=O)NC[C@@H]1c1ccc(Cl)cc1. The van der Waals surface area contributed by atoms with Gasteiger partial charge in [0.05, 0.1) is 7.11 Å². The molecule has 90 valence electrons. The first-order valence-electron chi connectivity index (χ1n) is 5.24. The molecule has 1 aromatic rings. The van der Waals surface area contributed by atoms with E-state index < -0.39 is 11.9 Å². The molecule has 1 fully saturated rings. The third kappa shape index (κ3) is 2.26. The number of benzene rings is 1. The number of hydrogen-bond donors (Lipinski definition) is 1. The van der Waals surface area contributed by atoms with Crippen molar-refractivity contribution in [2.45, 2.75) is 5.92 Å². The smallest absolute Gasteiger partial charge is 0.318 e. The molecule has 0 saturated carbocycles. The summed E-state index contributed by atoms with van der Waals surface area (Å²) in [4.78, 5) is 23.2. The van der Waals surface area contributed by atoms with Crippen molar-refractivity contribution in [1.82, 2.24) is 5.32 Å². The molecule has 1 aliphatic heterocycles. The highest BCUT2D eigenvalue weighted by Gasteiger charge is 2.41. The molecule has 1 N–H and O–H groups in total. The van der Waals surface area contributed by atoms with E-state index in [2.05, 4.69) is 10.1 Å². The molecule has 2 atom stereocenters. The number of hydrogen-bond acceptors (Lipinski definition) is 3. The molecule has 0 unspecified atom stereocenters. The van der Waals surface area contributed by atoms with E-state index in [0.717, 1.165) is 5.56 Å². The van der Waals surface area contributed by atoms with Crippen molar-refractivity contribution in [3.05, 3.63) is 34.9 Å². The second-order valence-corrected chi connectivity index (χ2v) is 4.34. The van der Waals surface area contributed by atoms with Gasteiger partial charge in [-0.15, -0.1) is 0 Å². The summed E-state index contributed by atoms with van der Waals surface area (Å²) in [5, 5.41) is 3.30. The van der Waals surface area contributed by atoms with Gasteiger partial charge in [0.15, 0.2) is 0 Å². The monoisotopic (exact) mass is 253 g/mol. The van der Waals surface area contributed by atoms with Crippen LogP contribution in [0.1, 0.15) is 11.5 Å². The molecule has 1 aromatic carbocycles. The maximum absolute atomic E-state index is 11.6. The predicted molar refractivity (Wildman–Crippen MR) is 62.7 cm³/mol. The third-order valence-electron chi connectivity index (χ3n) is 2.93. The topological polar surface area (TPSA) is 55.4 Å². The summed E-state index contributed by atoms with van der Waals surface area (Å²) in [6.07, 6.45) is 0. The van der Waals surface area contributed by atoms with E-state index in [4.69, 9.17) is 11.6 Å². The van der Waals surface area contributed by atoms with Gasteiger partial charge in [0.2, 0.25) is 5.91 Å². The van der Waals surface area contributed by atoms with Crippen molar-refractivity contribution in [3.63, 3.8) is 0 Å². The Bertz CT molecular complexity index is 444. The van der Waals surface area contributed by atoms with Gasteiger partial charge in [-0.1, -0.05) is 23.7 Å². The minimum atomic E-state index is -0.763. The Morgan fingerprint density at radius 2 is 2.06 bits per heavy atom. The number of esters is 1. The number of ether oxygens (including phenoxy) is 1.